The highest BCUT2D eigenvalue weighted by molar-refractivity contribution is 5.99. The fraction of sp³-hybridized carbons (Fsp3) is 0.200. The maximum atomic E-state index is 12.2. The molecule has 0 atom stereocenters. The number of anilines is 2. The Morgan fingerprint density at radius 3 is 2.68 bits per heavy atom. The van der Waals surface area contributed by atoms with Crippen LogP contribution >= 0.6 is 0 Å². The van der Waals surface area contributed by atoms with Gasteiger partial charge in [-0.1, -0.05) is 11.2 Å². The number of fused-ring (bicyclic) bond motifs is 2. The van der Waals surface area contributed by atoms with Gasteiger partial charge in [0.2, 0.25) is 11.8 Å². The number of H-pyrrole nitrogens is 1. The molecule has 0 unspecified atom stereocenters. The summed E-state index contributed by atoms with van der Waals surface area (Å²) in [5, 5.41) is 9.02. The van der Waals surface area contributed by atoms with Gasteiger partial charge in [-0.25, -0.2) is 0 Å². The molecule has 0 bridgehead atoms. The van der Waals surface area contributed by atoms with Crippen molar-refractivity contribution < 1.29 is 14.1 Å². The Hall–Kier alpha value is -4.40. The van der Waals surface area contributed by atoms with Gasteiger partial charge in [0, 0.05) is 42.5 Å². The van der Waals surface area contributed by atoms with Crippen molar-refractivity contribution in [3.63, 3.8) is 0 Å². The van der Waals surface area contributed by atoms with Gasteiger partial charge in [-0.15, -0.1) is 0 Å². The van der Waals surface area contributed by atoms with Gasteiger partial charge in [-0.05, 0) is 55.3 Å². The number of ether oxygens (including phenoxy) is 1. The molecule has 2 N–H and O–H groups in total. The van der Waals surface area contributed by atoms with Crippen molar-refractivity contribution in [1.82, 2.24) is 25.0 Å². The van der Waals surface area contributed by atoms with Crippen molar-refractivity contribution in [2.45, 2.75) is 13.8 Å². The second kappa shape index (κ2) is 8.18. The molecular weight excluding hydrogens is 432 g/mol. The second-order valence-corrected chi connectivity index (χ2v) is 8.32. The van der Waals surface area contributed by atoms with Gasteiger partial charge >= 0.3 is 0 Å². The van der Waals surface area contributed by atoms with Gasteiger partial charge in [0.05, 0.1) is 18.2 Å². The van der Waals surface area contributed by atoms with E-state index in [1.165, 1.54) is 0 Å². The van der Waals surface area contributed by atoms with Gasteiger partial charge < -0.3 is 24.5 Å². The van der Waals surface area contributed by atoms with Crippen LogP contribution < -0.4 is 10.1 Å². The molecule has 0 aliphatic heterocycles. The number of hydrogen-bond acceptors (Lipinski definition) is 7. The SMILES string of the molecule is COc1nc(Nc2ccc(C(=O)N(C)C)cc2C)nc2[nH]cc(-c3ccc4c(C)noc4c3)c12. The van der Waals surface area contributed by atoms with Crippen LogP contribution in [-0.2, 0) is 0 Å². The summed E-state index contributed by atoms with van der Waals surface area (Å²) in [6, 6.07) is 11.4. The number of carbonyl (C=O) groups excluding carboxylic acids is 1. The minimum absolute atomic E-state index is 0.0495. The van der Waals surface area contributed by atoms with Crippen molar-refractivity contribution >= 4 is 39.5 Å². The summed E-state index contributed by atoms with van der Waals surface area (Å²) in [7, 11) is 5.04. The summed E-state index contributed by atoms with van der Waals surface area (Å²) in [4.78, 5) is 26.3. The number of hydrogen-bond donors (Lipinski definition) is 2. The fourth-order valence-electron chi connectivity index (χ4n) is 3.98. The largest absolute Gasteiger partial charge is 0.480 e. The average molecular weight is 457 g/mol. The van der Waals surface area contributed by atoms with Crippen LogP contribution in [0.5, 0.6) is 5.88 Å². The average Bonchev–Trinajstić information content (AvgIpc) is 3.42. The quantitative estimate of drug-likeness (QED) is 0.390. The topological polar surface area (TPSA) is 109 Å². The fourth-order valence-corrected chi connectivity index (χ4v) is 3.98. The van der Waals surface area contributed by atoms with E-state index in [4.69, 9.17) is 9.26 Å². The van der Waals surface area contributed by atoms with Crippen LogP contribution in [0, 0.1) is 13.8 Å². The van der Waals surface area contributed by atoms with E-state index < -0.39 is 0 Å². The third-order valence-electron chi connectivity index (χ3n) is 5.78. The molecule has 34 heavy (non-hydrogen) atoms. The molecule has 0 aliphatic carbocycles. The van der Waals surface area contributed by atoms with Crippen molar-refractivity contribution in [2.24, 2.45) is 0 Å². The van der Waals surface area contributed by atoms with Crippen LogP contribution in [0.25, 0.3) is 33.1 Å². The third-order valence-corrected chi connectivity index (χ3v) is 5.78. The molecule has 0 saturated heterocycles. The number of aryl methyl sites for hydroxylation is 2. The molecule has 5 aromatic rings. The zero-order valence-electron chi connectivity index (χ0n) is 19.6. The number of aromatic amines is 1. The first-order valence-corrected chi connectivity index (χ1v) is 10.7. The lowest BCUT2D eigenvalue weighted by Gasteiger charge is -2.13. The number of nitrogens with zero attached hydrogens (tertiary/aromatic N) is 4. The van der Waals surface area contributed by atoms with Crippen LogP contribution in [0.2, 0.25) is 0 Å². The third kappa shape index (κ3) is 3.61. The Morgan fingerprint density at radius 1 is 1.12 bits per heavy atom. The number of methoxy groups -OCH3 is 1. The lowest BCUT2D eigenvalue weighted by molar-refractivity contribution is 0.0827. The van der Waals surface area contributed by atoms with Gasteiger partial charge in [0.1, 0.15) is 5.65 Å². The highest BCUT2D eigenvalue weighted by Crippen LogP contribution is 2.36. The van der Waals surface area contributed by atoms with E-state index >= 15 is 0 Å². The predicted molar refractivity (Wildman–Crippen MR) is 131 cm³/mol. The second-order valence-electron chi connectivity index (χ2n) is 8.32. The predicted octanol–water partition coefficient (Wildman–Crippen LogP) is 4.84. The smallest absolute Gasteiger partial charge is 0.253 e. The Balaban J connectivity index is 1.52. The lowest BCUT2D eigenvalue weighted by atomic mass is 10.0. The highest BCUT2D eigenvalue weighted by Gasteiger charge is 2.18. The molecule has 1 amide bonds. The van der Waals surface area contributed by atoms with E-state index in [9.17, 15) is 4.79 Å². The molecule has 9 nitrogen and oxygen atoms in total. The normalized spacial score (nSPS) is 11.2. The molecule has 0 fully saturated rings. The number of benzene rings is 2. The monoisotopic (exact) mass is 456 g/mol. The molecule has 0 aliphatic rings. The Labute approximate surface area is 195 Å². The first-order valence-electron chi connectivity index (χ1n) is 10.7. The van der Waals surface area contributed by atoms with Crippen LogP contribution in [0.1, 0.15) is 21.6 Å². The molecular formula is C25H24N6O3. The number of rotatable bonds is 5. The zero-order valence-corrected chi connectivity index (χ0v) is 19.6. The molecule has 172 valence electrons. The van der Waals surface area contributed by atoms with Gasteiger partial charge in [0.15, 0.2) is 5.58 Å². The van der Waals surface area contributed by atoms with Crippen molar-refractivity contribution in [3.05, 3.63) is 59.4 Å². The van der Waals surface area contributed by atoms with Crippen LogP contribution in [0.3, 0.4) is 0 Å². The van der Waals surface area contributed by atoms with Gasteiger partial charge in [-0.3, -0.25) is 4.79 Å². The maximum absolute atomic E-state index is 12.2. The number of aromatic nitrogens is 4. The van der Waals surface area contributed by atoms with Crippen LogP contribution in [-0.4, -0.2) is 52.1 Å². The molecule has 0 saturated carbocycles. The molecule has 9 heteroatoms. The number of carbonyl (C=O) groups is 1. The van der Waals surface area contributed by atoms with E-state index in [0.29, 0.717) is 28.6 Å². The van der Waals surface area contributed by atoms with E-state index in [0.717, 1.165) is 38.8 Å². The summed E-state index contributed by atoms with van der Waals surface area (Å²) in [5.74, 6) is 0.773. The highest BCUT2D eigenvalue weighted by atomic mass is 16.5. The van der Waals surface area contributed by atoms with Crippen molar-refractivity contribution in [2.75, 3.05) is 26.5 Å². The lowest BCUT2D eigenvalue weighted by Crippen LogP contribution is -2.21. The van der Waals surface area contributed by atoms with Crippen LogP contribution in [0.15, 0.2) is 47.1 Å². The zero-order chi connectivity index (χ0) is 24.0. The van der Waals surface area contributed by atoms with E-state index in [2.05, 4.69) is 25.4 Å². The van der Waals surface area contributed by atoms with Crippen molar-refractivity contribution in [1.29, 1.82) is 0 Å². The summed E-state index contributed by atoms with van der Waals surface area (Å²) < 4.78 is 11.1. The van der Waals surface area contributed by atoms with Crippen LogP contribution in [0.4, 0.5) is 11.6 Å². The summed E-state index contributed by atoms with van der Waals surface area (Å²) in [6.07, 6.45) is 1.88. The minimum Gasteiger partial charge on any atom is -0.480 e. The first kappa shape index (κ1) is 21.4. The Kier molecular flexibility index (Phi) is 5.16. The number of amides is 1. The van der Waals surface area contributed by atoms with Crippen molar-refractivity contribution in [3.8, 4) is 17.0 Å². The molecule has 3 aromatic heterocycles. The Bertz CT molecular complexity index is 1550. The van der Waals surface area contributed by atoms with Gasteiger partial charge in [0.25, 0.3) is 5.91 Å². The van der Waals surface area contributed by atoms with E-state index in [1.54, 1.807) is 32.2 Å². The standard InChI is InChI=1S/C25H24N6O3/c1-13-10-16(24(32)31(3)4)7-9-19(13)27-25-28-22-21(23(29-25)33-5)18(12-26-22)15-6-8-17-14(2)30-34-20(17)11-15/h6-12H,1-5H3,(H2,26,27,28,29). The molecule has 0 radical (unpaired) electrons. The Morgan fingerprint density at radius 2 is 1.94 bits per heavy atom. The first-order chi connectivity index (χ1) is 16.4. The molecule has 3 heterocycles. The summed E-state index contributed by atoms with van der Waals surface area (Å²) in [6.45, 7) is 3.84. The molecule has 0 spiro atoms. The summed E-state index contributed by atoms with van der Waals surface area (Å²) >= 11 is 0. The van der Waals surface area contributed by atoms with E-state index in [-0.39, 0.29) is 5.91 Å². The minimum atomic E-state index is -0.0495. The van der Waals surface area contributed by atoms with E-state index in [1.807, 2.05) is 50.4 Å². The molecule has 2 aromatic carbocycles. The number of nitrogens with one attached hydrogen (secondary N) is 2. The van der Waals surface area contributed by atoms with Gasteiger partial charge in [-0.2, -0.15) is 9.97 Å². The summed E-state index contributed by atoms with van der Waals surface area (Å²) in [5.41, 5.74) is 6.37. The maximum Gasteiger partial charge on any atom is 0.253 e. The molecule has 5 rings (SSSR count).